The molecule has 0 radical (unpaired) electrons. The average molecular weight is 779 g/mol. The van der Waals surface area contributed by atoms with Gasteiger partial charge in [0.25, 0.3) is 0 Å². The van der Waals surface area contributed by atoms with Crippen LogP contribution in [0.15, 0.2) is 235 Å². The van der Waals surface area contributed by atoms with Crippen LogP contribution in [0, 0.1) is 0 Å². The number of anilines is 3. The van der Waals surface area contributed by atoms with Crippen LogP contribution in [0.4, 0.5) is 17.1 Å². The van der Waals surface area contributed by atoms with Gasteiger partial charge in [-0.05, 0) is 99.8 Å². The van der Waals surface area contributed by atoms with Crippen molar-refractivity contribution in [1.29, 1.82) is 0 Å². The quantitative estimate of drug-likeness (QED) is 0.161. The van der Waals surface area contributed by atoms with Crippen molar-refractivity contribution in [2.45, 2.75) is 0 Å². The highest BCUT2D eigenvalue weighted by Gasteiger charge is 2.23. The Morgan fingerprint density at radius 3 is 1.59 bits per heavy atom. The van der Waals surface area contributed by atoms with Gasteiger partial charge in [0, 0.05) is 49.7 Å². The summed E-state index contributed by atoms with van der Waals surface area (Å²) in [5.74, 6) is 0. The fourth-order valence-electron chi connectivity index (χ4n) is 9.27. The van der Waals surface area contributed by atoms with Crippen LogP contribution in [0.1, 0.15) is 0 Å². The summed E-state index contributed by atoms with van der Waals surface area (Å²) in [5.41, 5.74) is 15.2. The molecular formula is C58H38N2O. The van der Waals surface area contributed by atoms with Gasteiger partial charge in [0.1, 0.15) is 11.2 Å². The molecule has 0 atom stereocenters. The van der Waals surface area contributed by atoms with E-state index >= 15 is 0 Å². The summed E-state index contributed by atoms with van der Waals surface area (Å²) in [7, 11) is 0. The lowest BCUT2D eigenvalue weighted by Crippen LogP contribution is -2.10. The minimum atomic E-state index is 0.865. The molecule has 0 aliphatic rings. The number of fused-ring (bicyclic) bond motifs is 7. The maximum Gasteiger partial charge on any atom is 0.143 e. The molecule has 3 heteroatoms. The Hall–Kier alpha value is -8.14. The van der Waals surface area contributed by atoms with Crippen LogP contribution in [0.5, 0.6) is 0 Å². The van der Waals surface area contributed by atoms with Crippen molar-refractivity contribution in [3.05, 3.63) is 231 Å². The minimum absolute atomic E-state index is 0.865. The van der Waals surface area contributed by atoms with Crippen LogP contribution < -0.4 is 4.90 Å². The molecule has 0 fully saturated rings. The van der Waals surface area contributed by atoms with Gasteiger partial charge in [0.15, 0.2) is 0 Å². The highest BCUT2D eigenvalue weighted by Crippen LogP contribution is 2.46. The van der Waals surface area contributed by atoms with E-state index in [9.17, 15) is 0 Å². The number of para-hydroxylation sites is 4. The number of rotatable bonds is 7. The lowest BCUT2D eigenvalue weighted by atomic mass is 9.98. The van der Waals surface area contributed by atoms with E-state index < -0.39 is 0 Å². The fraction of sp³-hybridized carbons (Fsp3) is 0. The third-order valence-electron chi connectivity index (χ3n) is 12.2. The van der Waals surface area contributed by atoms with E-state index in [1.807, 2.05) is 0 Å². The Morgan fingerprint density at radius 1 is 0.328 bits per heavy atom. The Morgan fingerprint density at radius 2 is 0.869 bits per heavy atom. The van der Waals surface area contributed by atoms with Crippen LogP contribution in [0.2, 0.25) is 0 Å². The second kappa shape index (κ2) is 14.3. The first kappa shape index (κ1) is 34.9. The van der Waals surface area contributed by atoms with Crippen molar-refractivity contribution in [3.63, 3.8) is 0 Å². The average Bonchev–Trinajstić information content (AvgIpc) is 3.88. The normalized spacial score (nSPS) is 11.6. The maximum atomic E-state index is 6.86. The Kier molecular flexibility index (Phi) is 8.17. The first-order valence-electron chi connectivity index (χ1n) is 20.8. The van der Waals surface area contributed by atoms with E-state index in [0.29, 0.717) is 0 Å². The van der Waals surface area contributed by atoms with Crippen LogP contribution in [0.3, 0.4) is 0 Å². The van der Waals surface area contributed by atoms with Crippen molar-refractivity contribution in [2.24, 2.45) is 0 Å². The summed E-state index contributed by atoms with van der Waals surface area (Å²) in [4.78, 5) is 2.38. The molecule has 12 rings (SSSR count). The molecule has 0 unspecified atom stereocenters. The Labute approximate surface area is 353 Å². The third kappa shape index (κ3) is 5.90. The molecule has 0 aliphatic carbocycles. The first-order chi connectivity index (χ1) is 30.2. The zero-order valence-corrected chi connectivity index (χ0v) is 33.2. The molecule has 0 saturated heterocycles. The highest BCUT2D eigenvalue weighted by atomic mass is 16.3. The van der Waals surface area contributed by atoms with E-state index in [4.69, 9.17) is 4.42 Å². The molecule has 0 saturated carbocycles. The molecule has 0 bridgehead atoms. The standard InChI is InChI=1S/C58H38N2O/c1-2-14-39(15-3-1)41-28-32-45(33-29-41)59(46-34-30-42(31-35-46)44-27-26-40-16-4-5-17-43(40)36-44)47-37-52(58-53(38-47)51-21-9-13-25-57(51)61-58)50-20-8-12-24-56(50)60-54-22-10-6-18-48(54)49-19-7-11-23-55(49)60/h1-38H. The van der Waals surface area contributed by atoms with Gasteiger partial charge in [-0.15, -0.1) is 0 Å². The molecule has 2 heterocycles. The monoisotopic (exact) mass is 778 g/mol. The molecule has 0 aliphatic heterocycles. The molecule has 3 nitrogen and oxygen atoms in total. The summed E-state index contributed by atoms with van der Waals surface area (Å²) in [6.07, 6.45) is 0. The summed E-state index contributed by atoms with van der Waals surface area (Å²) in [6.45, 7) is 0. The van der Waals surface area contributed by atoms with Crippen LogP contribution in [-0.4, -0.2) is 4.57 Å². The highest BCUT2D eigenvalue weighted by molar-refractivity contribution is 6.14. The van der Waals surface area contributed by atoms with E-state index in [0.717, 1.165) is 55.8 Å². The summed E-state index contributed by atoms with van der Waals surface area (Å²) in [6, 6.07) is 82.9. The van der Waals surface area contributed by atoms with Crippen molar-refractivity contribution in [3.8, 4) is 39.1 Å². The van der Waals surface area contributed by atoms with Crippen molar-refractivity contribution in [1.82, 2.24) is 4.57 Å². The zero-order valence-electron chi connectivity index (χ0n) is 33.2. The van der Waals surface area contributed by atoms with Crippen molar-refractivity contribution in [2.75, 3.05) is 4.90 Å². The number of hydrogen-bond acceptors (Lipinski definition) is 2. The zero-order chi connectivity index (χ0) is 40.3. The second-order valence-electron chi connectivity index (χ2n) is 15.7. The van der Waals surface area contributed by atoms with E-state index in [1.165, 1.54) is 54.8 Å². The molecule has 12 aromatic rings. The van der Waals surface area contributed by atoms with Gasteiger partial charge in [-0.3, -0.25) is 0 Å². The maximum absolute atomic E-state index is 6.86. The molecule has 0 amide bonds. The molecule has 286 valence electrons. The van der Waals surface area contributed by atoms with E-state index in [2.05, 4.69) is 240 Å². The Balaban J connectivity index is 1.09. The number of furan rings is 1. The van der Waals surface area contributed by atoms with Crippen LogP contribution >= 0.6 is 0 Å². The lowest BCUT2D eigenvalue weighted by Gasteiger charge is -2.27. The van der Waals surface area contributed by atoms with E-state index in [-0.39, 0.29) is 0 Å². The number of nitrogens with zero attached hydrogens (tertiary/aromatic N) is 2. The van der Waals surface area contributed by atoms with Crippen molar-refractivity contribution < 1.29 is 4.42 Å². The van der Waals surface area contributed by atoms with Gasteiger partial charge in [-0.1, -0.05) is 164 Å². The van der Waals surface area contributed by atoms with Crippen LogP contribution in [-0.2, 0) is 0 Å². The lowest BCUT2D eigenvalue weighted by molar-refractivity contribution is 0.670. The van der Waals surface area contributed by atoms with Gasteiger partial charge in [-0.2, -0.15) is 0 Å². The topological polar surface area (TPSA) is 21.3 Å². The molecule has 0 N–H and O–H groups in total. The van der Waals surface area contributed by atoms with Gasteiger partial charge >= 0.3 is 0 Å². The second-order valence-corrected chi connectivity index (χ2v) is 15.7. The Bertz CT molecular complexity index is 3520. The number of hydrogen-bond donors (Lipinski definition) is 0. The summed E-state index contributed by atoms with van der Waals surface area (Å²) in [5, 5.41) is 7.09. The summed E-state index contributed by atoms with van der Waals surface area (Å²) >= 11 is 0. The molecule has 10 aromatic carbocycles. The molecule has 0 spiro atoms. The number of aromatic nitrogens is 1. The predicted octanol–water partition coefficient (Wildman–Crippen LogP) is 16.3. The van der Waals surface area contributed by atoms with Crippen molar-refractivity contribution >= 4 is 71.6 Å². The molecular weight excluding hydrogens is 741 g/mol. The predicted molar refractivity (Wildman–Crippen MR) is 257 cm³/mol. The largest absolute Gasteiger partial charge is 0.455 e. The first-order valence-corrected chi connectivity index (χ1v) is 20.8. The van der Waals surface area contributed by atoms with E-state index in [1.54, 1.807) is 0 Å². The van der Waals surface area contributed by atoms with Crippen LogP contribution in [0.25, 0.3) is 93.6 Å². The summed E-state index contributed by atoms with van der Waals surface area (Å²) < 4.78 is 9.27. The van der Waals surface area contributed by atoms with Gasteiger partial charge in [0.2, 0.25) is 0 Å². The molecule has 61 heavy (non-hydrogen) atoms. The number of benzene rings is 10. The molecule has 2 aromatic heterocycles. The minimum Gasteiger partial charge on any atom is -0.455 e. The SMILES string of the molecule is c1ccc(-c2ccc(N(c3ccc(-c4ccc5ccccc5c4)cc3)c3cc(-c4ccccc4-n4c5ccccc5c5ccccc54)c4oc5ccccc5c4c3)cc2)cc1. The van der Waals surface area contributed by atoms with Gasteiger partial charge in [-0.25, -0.2) is 0 Å². The smallest absolute Gasteiger partial charge is 0.143 e. The fourth-order valence-corrected chi connectivity index (χ4v) is 9.27. The van der Waals surface area contributed by atoms with Gasteiger partial charge < -0.3 is 13.9 Å². The van der Waals surface area contributed by atoms with Gasteiger partial charge in [0.05, 0.1) is 16.7 Å². The third-order valence-corrected chi connectivity index (χ3v) is 12.2.